The molecule has 1 aliphatic rings. The summed E-state index contributed by atoms with van der Waals surface area (Å²) in [7, 11) is 3.01. The standard InChI is InChI=1S/C16H14N2O6S2/c19-16(23-12-6-4-11(5-7-12)18(20)21)24-13-9-22-10-14(13)25-26-15-3-1-2-8-17-15/h1-8,13-14H,9-10H2/t13-,14-/m0/s1. The van der Waals surface area contributed by atoms with E-state index in [2.05, 4.69) is 4.98 Å². The van der Waals surface area contributed by atoms with Crippen molar-refractivity contribution in [3.8, 4) is 5.75 Å². The van der Waals surface area contributed by atoms with Gasteiger partial charge in [-0.15, -0.1) is 0 Å². The van der Waals surface area contributed by atoms with Gasteiger partial charge < -0.3 is 14.2 Å². The van der Waals surface area contributed by atoms with Gasteiger partial charge in [-0.1, -0.05) is 16.9 Å². The molecular formula is C16H14N2O6S2. The number of benzene rings is 1. The zero-order valence-corrected chi connectivity index (χ0v) is 15.0. The first-order valence-corrected chi connectivity index (χ1v) is 9.78. The Morgan fingerprint density at radius 2 is 2.04 bits per heavy atom. The van der Waals surface area contributed by atoms with E-state index in [0.717, 1.165) is 5.03 Å². The van der Waals surface area contributed by atoms with Crippen molar-refractivity contribution in [2.45, 2.75) is 16.4 Å². The predicted molar refractivity (Wildman–Crippen MR) is 96.3 cm³/mol. The molecule has 0 spiro atoms. The number of nitro benzene ring substituents is 1. The number of nitro groups is 1. The number of nitrogens with zero attached hydrogens (tertiary/aromatic N) is 2. The first kappa shape index (κ1) is 18.5. The van der Waals surface area contributed by atoms with Crippen LogP contribution in [-0.4, -0.2) is 40.6 Å². The largest absolute Gasteiger partial charge is 0.514 e. The molecule has 1 aromatic heterocycles. The van der Waals surface area contributed by atoms with Crippen molar-refractivity contribution in [2.75, 3.05) is 13.2 Å². The van der Waals surface area contributed by atoms with E-state index in [1.807, 2.05) is 18.2 Å². The molecule has 136 valence electrons. The van der Waals surface area contributed by atoms with E-state index in [-0.39, 0.29) is 23.3 Å². The summed E-state index contributed by atoms with van der Waals surface area (Å²) in [6.45, 7) is 0.746. The molecule has 0 radical (unpaired) electrons. The molecule has 1 fully saturated rings. The fraction of sp³-hybridized carbons (Fsp3) is 0.250. The summed E-state index contributed by atoms with van der Waals surface area (Å²) >= 11 is 0. The average Bonchev–Trinajstić information content (AvgIpc) is 3.08. The number of non-ortho nitro benzene ring substituents is 1. The van der Waals surface area contributed by atoms with Gasteiger partial charge in [0.1, 0.15) is 16.9 Å². The molecule has 1 saturated heterocycles. The summed E-state index contributed by atoms with van der Waals surface area (Å²) in [6.07, 6.45) is 0.397. The van der Waals surface area contributed by atoms with Crippen LogP contribution in [0.1, 0.15) is 0 Å². The second kappa shape index (κ2) is 8.88. The normalized spacial score (nSPS) is 19.1. The number of rotatable bonds is 6. The van der Waals surface area contributed by atoms with E-state index in [9.17, 15) is 14.9 Å². The molecule has 10 heteroatoms. The van der Waals surface area contributed by atoms with E-state index in [4.69, 9.17) is 14.2 Å². The highest BCUT2D eigenvalue weighted by Gasteiger charge is 2.33. The minimum atomic E-state index is -0.872. The lowest BCUT2D eigenvalue weighted by Crippen LogP contribution is -2.28. The van der Waals surface area contributed by atoms with Gasteiger partial charge in [0, 0.05) is 18.3 Å². The van der Waals surface area contributed by atoms with Gasteiger partial charge in [0.15, 0.2) is 0 Å². The van der Waals surface area contributed by atoms with Gasteiger partial charge in [-0.25, -0.2) is 9.78 Å². The Morgan fingerprint density at radius 3 is 2.73 bits per heavy atom. The lowest BCUT2D eigenvalue weighted by Gasteiger charge is -2.16. The lowest BCUT2D eigenvalue weighted by atomic mass is 10.3. The number of pyridine rings is 1. The summed E-state index contributed by atoms with van der Waals surface area (Å²) in [4.78, 5) is 26.3. The van der Waals surface area contributed by atoms with Crippen LogP contribution < -0.4 is 4.74 Å². The van der Waals surface area contributed by atoms with Crippen LogP contribution in [0, 0.1) is 10.1 Å². The Bertz CT molecular complexity index is 759. The first-order valence-electron chi connectivity index (χ1n) is 7.57. The molecule has 0 amide bonds. The van der Waals surface area contributed by atoms with E-state index in [1.165, 1.54) is 45.9 Å². The molecule has 0 aliphatic carbocycles. The Morgan fingerprint density at radius 1 is 1.23 bits per heavy atom. The molecule has 0 saturated carbocycles. The molecule has 0 N–H and O–H groups in total. The lowest BCUT2D eigenvalue weighted by molar-refractivity contribution is -0.384. The van der Waals surface area contributed by atoms with Gasteiger partial charge in [0.2, 0.25) is 0 Å². The van der Waals surface area contributed by atoms with Crippen LogP contribution in [0.15, 0.2) is 53.7 Å². The minimum Gasteiger partial charge on any atom is -0.427 e. The second-order valence-corrected chi connectivity index (χ2v) is 7.64. The van der Waals surface area contributed by atoms with Gasteiger partial charge in [0.25, 0.3) is 5.69 Å². The highest BCUT2D eigenvalue weighted by Crippen LogP contribution is 2.37. The van der Waals surface area contributed by atoms with Crippen LogP contribution in [0.2, 0.25) is 0 Å². The van der Waals surface area contributed by atoms with Crippen LogP contribution in [0.3, 0.4) is 0 Å². The van der Waals surface area contributed by atoms with Crippen molar-refractivity contribution in [3.63, 3.8) is 0 Å². The van der Waals surface area contributed by atoms with E-state index in [1.54, 1.807) is 6.20 Å². The molecule has 26 heavy (non-hydrogen) atoms. The fourth-order valence-corrected chi connectivity index (χ4v) is 4.47. The molecule has 0 bridgehead atoms. The number of hydrogen-bond donors (Lipinski definition) is 0. The molecule has 1 aliphatic heterocycles. The number of ether oxygens (including phenoxy) is 3. The van der Waals surface area contributed by atoms with Crippen molar-refractivity contribution >= 4 is 33.4 Å². The maximum absolute atomic E-state index is 11.9. The van der Waals surface area contributed by atoms with Crippen LogP contribution in [-0.2, 0) is 9.47 Å². The van der Waals surface area contributed by atoms with Crippen LogP contribution in [0.5, 0.6) is 5.75 Å². The zero-order valence-electron chi connectivity index (χ0n) is 13.3. The quantitative estimate of drug-likeness (QED) is 0.238. The number of aromatic nitrogens is 1. The summed E-state index contributed by atoms with van der Waals surface area (Å²) < 4.78 is 15.8. The summed E-state index contributed by atoms with van der Waals surface area (Å²) in [5.41, 5.74) is -0.0853. The first-order chi connectivity index (χ1) is 12.6. The number of carbonyl (C=O) groups is 1. The van der Waals surface area contributed by atoms with Crippen LogP contribution >= 0.6 is 21.6 Å². The topological polar surface area (TPSA) is 101 Å². The summed E-state index contributed by atoms with van der Waals surface area (Å²) in [6, 6.07) is 10.8. The van der Waals surface area contributed by atoms with Crippen LogP contribution in [0.25, 0.3) is 0 Å². The third-order valence-electron chi connectivity index (χ3n) is 3.37. The summed E-state index contributed by atoms with van der Waals surface area (Å²) in [5, 5.41) is 11.4. The molecule has 2 aromatic rings. The minimum absolute atomic E-state index is 0.0496. The Kier molecular flexibility index (Phi) is 6.31. The average molecular weight is 394 g/mol. The smallest absolute Gasteiger partial charge is 0.427 e. The fourth-order valence-electron chi connectivity index (χ4n) is 2.10. The molecule has 2 heterocycles. The zero-order chi connectivity index (χ0) is 18.4. The van der Waals surface area contributed by atoms with Crippen molar-refractivity contribution in [1.82, 2.24) is 4.98 Å². The number of hydrogen-bond acceptors (Lipinski definition) is 9. The number of carbonyl (C=O) groups excluding carboxylic acids is 1. The molecule has 1 aromatic carbocycles. The second-order valence-electron chi connectivity index (χ2n) is 5.18. The SMILES string of the molecule is O=C(Oc1ccc([N+](=O)[O-])cc1)O[C@H]1COC[C@@H]1SSc1ccccn1. The van der Waals surface area contributed by atoms with Crippen molar-refractivity contribution < 1.29 is 23.9 Å². The third-order valence-corrected chi connectivity index (χ3v) is 6.11. The van der Waals surface area contributed by atoms with Crippen LogP contribution in [0.4, 0.5) is 10.5 Å². The van der Waals surface area contributed by atoms with E-state index in [0.29, 0.717) is 6.61 Å². The predicted octanol–water partition coefficient (Wildman–Crippen LogP) is 3.71. The molecule has 3 rings (SSSR count). The molecule has 8 nitrogen and oxygen atoms in total. The van der Waals surface area contributed by atoms with Gasteiger partial charge in [-0.05, 0) is 35.1 Å². The monoisotopic (exact) mass is 394 g/mol. The van der Waals surface area contributed by atoms with Gasteiger partial charge >= 0.3 is 6.16 Å². The molecule has 0 unspecified atom stereocenters. The van der Waals surface area contributed by atoms with E-state index >= 15 is 0 Å². The Labute approximate surface area is 156 Å². The molecular weight excluding hydrogens is 380 g/mol. The Balaban J connectivity index is 1.50. The van der Waals surface area contributed by atoms with Crippen molar-refractivity contribution in [1.29, 1.82) is 0 Å². The maximum atomic E-state index is 11.9. The van der Waals surface area contributed by atoms with Gasteiger partial charge in [-0.2, -0.15) is 0 Å². The van der Waals surface area contributed by atoms with E-state index < -0.39 is 17.2 Å². The van der Waals surface area contributed by atoms with Crippen molar-refractivity contribution in [2.24, 2.45) is 0 Å². The third kappa shape index (κ3) is 5.10. The molecule has 2 atom stereocenters. The van der Waals surface area contributed by atoms with Gasteiger partial charge in [0.05, 0.1) is 23.4 Å². The highest BCUT2D eigenvalue weighted by molar-refractivity contribution is 8.76. The maximum Gasteiger partial charge on any atom is 0.514 e. The van der Waals surface area contributed by atoms with Gasteiger partial charge in [-0.3, -0.25) is 10.1 Å². The van der Waals surface area contributed by atoms with Crippen molar-refractivity contribution in [3.05, 3.63) is 58.8 Å². The highest BCUT2D eigenvalue weighted by atomic mass is 33.1. The Hall–Kier alpha value is -2.30. The summed E-state index contributed by atoms with van der Waals surface area (Å²) in [5.74, 6) is 0.173.